The third-order valence-electron chi connectivity index (χ3n) is 5.55. The van der Waals surface area contributed by atoms with Gasteiger partial charge in [0.2, 0.25) is 0 Å². The molecule has 3 aromatic rings. The Morgan fingerprint density at radius 2 is 1.86 bits per heavy atom. The second kappa shape index (κ2) is 13.2. The Bertz CT molecular complexity index is 1170. The van der Waals surface area contributed by atoms with Crippen LogP contribution in [0, 0.1) is 12.7 Å². The van der Waals surface area contributed by atoms with Gasteiger partial charge in [-0.05, 0) is 68.6 Å². The highest BCUT2D eigenvalue weighted by molar-refractivity contribution is 5.84. The van der Waals surface area contributed by atoms with E-state index in [0.717, 1.165) is 18.5 Å². The van der Waals surface area contributed by atoms with Gasteiger partial charge in [0, 0.05) is 30.6 Å². The molecular weight excluding hydrogens is 467 g/mol. The summed E-state index contributed by atoms with van der Waals surface area (Å²) in [4.78, 5) is 32.1. The molecule has 36 heavy (non-hydrogen) atoms. The number of nitrogens with zero attached hydrogens (tertiary/aromatic N) is 3. The Kier molecular flexibility index (Phi) is 10.4. The summed E-state index contributed by atoms with van der Waals surface area (Å²) < 4.78 is 23.3. The van der Waals surface area contributed by atoms with Crippen LogP contribution in [0.25, 0.3) is 22.6 Å². The number of amides is 1. The summed E-state index contributed by atoms with van der Waals surface area (Å²) in [5.41, 5.74) is 14.0. The van der Waals surface area contributed by atoms with E-state index in [1.165, 1.54) is 32.2 Å². The van der Waals surface area contributed by atoms with Gasteiger partial charge in [-0.1, -0.05) is 0 Å². The summed E-state index contributed by atoms with van der Waals surface area (Å²) in [7, 11) is 3.03. The number of carbonyl (C=O) groups excluding carboxylic acids is 2. The minimum absolute atomic E-state index is 0.0548. The highest BCUT2D eigenvalue weighted by Gasteiger charge is 2.41. The molecule has 1 fully saturated rings. The van der Waals surface area contributed by atoms with Crippen LogP contribution >= 0.6 is 0 Å². The normalized spacial score (nSPS) is 12.8. The number of ether oxygens (including phenoxy) is 2. The van der Waals surface area contributed by atoms with Crippen LogP contribution in [0.1, 0.15) is 24.8 Å². The van der Waals surface area contributed by atoms with Crippen molar-refractivity contribution >= 4 is 24.4 Å². The van der Waals surface area contributed by atoms with Gasteiger partial charge in [0.15, 0.2) is 5.82 Å². The minimum atomic E-state index is -0.623. The van der Waals surface area contributed by atoms with Gasteiger partial charge >= 0.3 is 6.09 Å². The maximum Gasteiger partial charge on any atom is 0.412 e. The Morgan fingerprint density at radius 1 is 1.17 bits per heavy atom. The number of hydrogen-bond donors (Lipinski definition) is 3. The summed E-state index contributed by atoms with van der Waals surface area (Å²) in [5.74, 6) is 0.277. The van der Waals surface area contributed by atoms with Crippen molar-refractivity contribution in [3.63, 3.8) is 0 Å². The predicted octanol–water partition coefficient (Wildman–Crippen LogP) is 3.74. The van der Waals surface area contributed by atoms with Crippen molar-refractivity contribution in [1.82, 2.24) is 15.0 Å². The number of nitrogen functional groups attached to an aromatic ring is 1. The molecule has 0 atom stereocenters. The van der Waals surface area contributed by atoms with Crippen molar-refractivity contribution in [1.29, 1.82) is 0 Å². The van der Waals surface area contributed by atoms with Gasteiger partial charge in [0.05, 0.1) is 24.1 Å². The SMILES string of the molecule is C=O.COC(=O)Nc1cc(-c2nccc(-c3cc(N)c(F)cc3C)n2)ccn1.COC1(CCN)CC1. The first kappa shape index (κ1) is 28.3. The lowest BCUT2D eigenvalue weighted by molar-refractivity contribution is -0.0980. The standard InChI is InChI=1S/C18H16FN5O2.C6H13NO.CH2O/c1-10-7-13(19)14(20)9-12(10)15-4-6-22-17(23-15)11-3-5-21-16(8-11)24-18(25)26-2;1-8-6(2-3-6)4-5-7;1-2/h3-9H,20H2,1-2H3,(H,21,24,25);2-5,7H2,1H3;1H2. The van der Waals surface area contributed by atoms with E-state index >= 15 is 0 Å². The molecule has 1 amide bonds. The lowest BCUT2D eigenvalue weighted by Gasteiger charge is -2.09. The van der Waals surface area contributed by atoms with E-state index in [2.05, 4.69) is 25.0 Å². The van der Waals surface area contributed by atoms with Gasteiger partial charge in [-0.25, -0.2) is 24.1 Å². The molecular formula is C25H31FN6O4. The number of aryl methyl sites for hydroxylation is 1. The van der Waals surface area contributed by atoms with Crippen molar-refractivity contribution in [2.45, 2.75) is 31.8 Å². The molecule has 2 heterocycles. The Labute approximate surface area is 209 Å². The van der Waals surface area contributed by atoms with Crippen LogP contribution in [0.4, 0.5) is 20.7 Å². The van der Waals surface area contributed by atoms with Crippen LogP contribution in [0.15, 0.2) is 42.7 Å². The lowest BCUT2D eigenvalue weighted by atomic mass is 10.0. The van der Waals surface area contributed by atoms with Crippen molar-refractivity contribution < 1.29 is 23.5 Å². The number of rotatable bonds is 6. The molecule has 5 N–H and O–H groups in total. The summed E-state index contributed by atoms with van der Waals surface area (Å²) in [6.45, 7) is 4.54. The third kappa shape index (κ3) is 7.52. The zero-order chi connectivity index (χ0) is 26.7. The van der Waals surface area contributed by atoms with Gasteiger partial charge in [0.25, 0.3) is 0 Å². The molecule has 0 radical (unpaired) electrons. The lowest BCUT2D eigenvalue weighted by Crippen LogP contribution is -2.16. The van der Waals surface area contributed by atoms with E-state index in [1.54, 1.807) is 44.5 Å². The maximum absolute atomic E-state index is 13.6. The van der Waals surface area contributed by atoms with Crippen molar-refractivity contribution in [2.24, 2.45) is 5.73 Å². The zero-order valence-electron chi connectivity index (χ0n) is 20.6. The number of nitrogens with one attached hydrogen (secondary N) is 1. The topological polar surface area (TPSA) is 155 Å². The zero-order valence-corrected chi connectivity index (χ0v) is 20.6. The number of nitrogens with two attached hydrogens (primary N) is 2. The molecule has 2 aromatic heterocycles. The quantitative estimate of drug-likeness (QED) is 0.431. The molecule has 0 saturated heterocycles. The van der Waals surface area contributed by atoms with E-state index in [9.17, 15) is 9.18 Å². The fourth-order valence-corrected chi connectivity index (χ4v) is 3.37. The Hall–Kier alpha value is -3.96. The van der Waals surface area contributed by atoms with Crippen molar-refractivity contribution in [2.75, 3.05) is 31.8 Å². The first-order valence-electron chi connectivity index (χ1n) is 11.1. The first-order valence-corrected chi connectivity index (χ1v) is 11.1. The predicted molar refractivity (Wildman–Crippen MR) is 136 cm³/mol. The monoisotopic (exact) mass is 498 g/mol. The molecule has 4 rings (SSSR count). The number of carbonyl (C=O) groups is 2. The van der Waals surface area contributed by atoms with Gasteiger partial charge in [-0.2, -0.15) is 0 Å². The number of benzene rings is 1. The molecule has 192 valence electrons. The van der Waals surface area contributed by atoms with E-state index in [-0.39, 0.29) is 11.3 Å². The second-order valence-electron chi connectivity index (χ2n) is 7.93. The van der Waals surface area contributed by atoms with Crippen LogP contribution in [0.3, 0.4) is 0 Å². The molecule has 11 heteroatoms. The van der Waals surface area contributed by atoms with E-state index in [4.69, 9.17) is 21.0 Å². The van der Waals surface area contributed by atoms with Crippen LogP contribution in [-0.2, 0) is 14.3 Å². The van der Waals surface area contributed by atoms with Crippen molar-refractivity contribution in [3.8, 4) is 22.6 Å². The fourth-order valence-electron chi connectivity index (χ4n) is 3.37. The maximum atomic E-state index is 13.6. The number of aromatic nitrogens is 3. The molecule has 1 aliphatic rings. The van der Waals surface area contributed by atoms with Gasteiger partial charge in [0.1, 0.15) is 18.4 Å². The largest absolute Gasteiger partial charge is 0.453 e. The number of hydrogen-bond acceptors (Lipinski definition) is 9. The van der Waals surface area contributed by atoms with Gasteiger partial charge < -0.3 is 25.7 Å². The van der Waals surface area contributed by atoms with Gasteiger partial charge in [-0.3, -0.25) is 5.32 Å². The number of methoxy groups -OCH3 is 2. The van der Waals surface area contributed by atoms with E-state index < -0.39 is 11.9 Å². The molecule has 0 unspecified atom stereocenters. The summed E-state index contributed by atoms with van der Waals surface area (Å²) >= 11 is 0. The Morgan fingerprint density at radius 3 is 2.44 bits per heavy atom. The van der Waals surface area contributed by atoms with E-state index in [0.29, 0.717) is 28.5 Å². The second-order valence-corrected chi connectivity index (χ2v) is 7.93. The molecule has 1 saturated carbocycles. The average molecular weight is 499 g/mol. The number of anilines is 2. The smallest absolute Gasteiger partial charge is 0.412 e. The van der Waals surface area contributed by atoms with Crippen LogP contribution in [0.2, 0.25) is 0 Å². The molecule has 0 bridgehead atoms. The fraction of sp³-hybridized carbons (Fsp3) is 0.320. The van der Waals surface area contributed by atoms with Crippen LogP contribution in [-0.4, -0.2) is 54.2 Å². The summed E-state index contributed by atoms with van der Waals surface area (Å²) in [5, 5.41) is 2.48. The third-order valence-corrected chi connectivity index (χ3v) is 5.55. The highest BCUT2D eigenvalue weighted by atomic mass is 19.1. The molecule has 10 nitrogen and oxygen atoms in total. The molecule has 0 spiro atoms. The first-order chi connectivity index (χ1) is 17.3. The average Bonchev–Trinajstić information content (AvgIpc) is 3.68. The van der Waals surface area contributed by atoms with Crippen LogP contribution < -0.4 is 16.8 Å². The Balaban J connectivity index is 0.000000384. The summed E-state index contributed by atoms with van der Waals surface area (Å²) in [6.07, 6.45) is 5.95. The van der Waals surface area contributed by atoms with Crippen LogP contribution in [0.5, 0.6) is 0 Å². The number of halogens is 1. The van der Waals surface area contributed by atoms with Crippen molar-refractivity contribution in [3.05, 3.63) is 54.1 Å². The number of pyridine rings is 1. The highest BCUT2D eigenvalue weighted by Crippen LogP contribution is 2.41. The van der Waals surface area contributed by atoms with E-state index in [1.807, 2.05) is 6.79 Å². The minimum Gasteiger partial charge on any atom is -0.453 e. The molecule has 1 aliphatic carbocycles. The van der Waals surface area contributed by atoms with Gasteiger partial charge in [-0.15, -0.1) is 0 Å². The molecule has 1 aromatic carbocycles. The molecule has 0 aliphatic heterocycles. The summed E-state index contributed by atoms with van der Waals surface area (Å²) in [6, 6.07) is 7.98.